The maximum absolute atomic E-state index is 12.1. The van der Waals surface area contributed by atoms with Gasteiger partial charge in [-0.1, -0.05) is 46.4 Å². The van der Waals surface area contributed by atoms with Gasteiger partial charge in [-0.25, -0.2) is 0 Å². The van der Waals surface area contributed by atoms with Crippen LogP contribution >= 0.6 is 0 Å². The third-order valence-corrected chi connectivity index (χ3v) is 7.04. The van der Waals surface area contributed by atoms with E-state index in [2.05, 4.69) is 58.3 Å². The molecule has 0 bridgehead atoms. The number of Topliss-reactive ketones (excluding diaryl/α,β-unsaturated/α-hetero) is 1. The van der Waals surface area contributed by atoms with Crippen LogP contribution in [0.15, 0.2) is 42.8 Å². The summed E-state index contributed by atoms with van der Waals surface area (Å²) in [6.45, 7) is 15.8. The predicted octanol–water partition coefficient (Wildman–Crippen LogP) is 6.43. The molecule has 0 fully saturated rings. The van der Waals surface area contributed by atoms with E-state index in [1.807, 2.05) is 12.1 Å². The molecule has 3 nitrogen and oxygen atoms in total. The molecule has 0 aliphatic heterocycles. The largest absolute Gasteiger partial charge is 0.512 e. The Morgan fingerprint density at radius 3 is 2.20 bits per heavy atom. The number of pyridine rings is 1. The van der Waals surface area contributed by atoms with E-state index in [9.17, 15) is 9.90 Å². The fourth-order valence-corrected chi connectivity index (χ4v) is 4.88. The Kier molecular flexibility index (Phi) is 4.76. The average Bonchev–Trinajstić information content (AvgIpc) is 3.03. The van der Waals surface area contributed by atoms with E-state index in [-0.39, 0.29) is 22.4 Å². The van der Waals surface area contributed by atoms with Gasteiger partial charge in [0.2, 0.25) is 0 Å². The molecular formula is C27H31NO2. The lowest BCUT2D eigenvalue weighted by molar-refractivity contribution is -0.113. The van der Waals surface area contributed by atoms with E-state index in [1.165, 1.54) is 29.5 Å². The third kappa shape index (κ3) is 3.30. The van der Waals surface area contributed by atoms with Gasteiger partial charge < -0.3 is 5.11 Å². The van der Waals surface area contributed by atoms with Crippen molar-refractivity contribution < 1.29 is 9.90 Å². The van der Waals surface area contributed by atoms with Gasteiger partial charge in [0.15, 0.2) is 5.78 Å². The number of rotatable bonds is 3. The Labute approximate surface area is 179 Å². The molecular weight excluding hydrogens is 370 g/mol. The number of hydrogen-bond donors (Lipinski definition) is 1. The highest BCUT2D eigenvalue weighted by Gasteiger charge is 2.37. The van der Waals surface area contributed by atoms with Crippen LogP contribution in [0.5, 0.6) is 0 Å². The zero-order chi connectivity index (χ0) is 21.8. The summed E-state index contributed by atoms with van der Waals surface area (Å²) >= 11 is 0. The summed E-state index contributed by atoms with van der Waals surface area (Å²) in [7, 11) is 0. The molecule has 1 heterocycles. The number of aromatic nitrogens is 1. The van der Waals surface area contributed by atoms with Gasteiger partial charge in [-0.3, -0.25) is 9.78 Å². The van der Waals surface area contributed by atoms with Crippen molar-refractivity contribution in [1.82, 2.24) is 4.98 Å². The van der Waals surface area contributed by atoms with E-state index >= 15 is 0 Å². The van der Waals surface area contributed by atoms with Crippen LogP contribution in [0, 0.1) is 6.92 Å². The average molecular weight is 402 g/mol. The molecule has 1 aromatic carbocycles. The molecule has 2 aliphatic carbocycles. The number of allylic oxidation sites excluding steroid dienone is 2. The van der Waals surface area contributed by atoms with Crippen molar-refractivity contribution in [2.45, 2.75) is 71.1 Å². The van der Waals surface area contributed by atoms with Crippen LogP contribution in [0.25, 0.3) is 11.1 Å². The Morgan fingerprint density at radius 2 is 1.67 bits per heavy atom. The van der Waals surface area contributed by atoms with Crippen LogP contribution in [0.4, 0.5) is 0 Å². The van der Waals surface area contributed by atoms with Crippen LogP contribution < -0.4 is 0 Å². The van der Waals surface area contributed by atoms with Crippen molar-refractivity contribution in [1.29, 1.82) is 0 Å². The maximum atomic E-state index is 12.1. The van der Waals surface area contributed by atoms with Gasteiger partial charge in [-0.2, -0.15) is 0 Å². The third-order valence-electron chi connectivity index (χ3n) is 7.04. The van der Waals surface area contributed by atoms with Crippen molar-refractivity contribution in [2.75, 3.05) is 0 Å². The number of nitrogens with zero attached hydrogens (tertiary/aromatic N) is 1. The number of fused-ring (bicyclic) bond motifs is 1. The van der Waals surface area contributed by atoms with E-state index in [4.69, 9.17) is 0 Å². The maximum Gasteiger partial charge on any atom is 0.167 e. The minimum atomic E-state index is -0.0174. The first-order valence-electron chi connectivity index (χ1n) is 10.8. The highest BCUT2D eigenvalue weighted by Crippen LogP contribution is 2.47. The lowest BCUT2D eigenvalue weighted by Gasteiger charge is -2.42. The zero-order valence-corrected chi connectivity index (χ0v) is 18.7. The van der Waals surface area contributed by atoms with Gasteiger partial charge in [0.05, 0.1) is 11.3 Å². The van der Waals surface area contributed by atoms with E-state index < -0.39 is 0 Å². The number of ketones is 1. The first kappa shape index (κ1) is 20.6. The minimum absolute atomic E-state index is 0.0174. The summed E-state index contributed by atoms with van der Waals surface area (Å²) < 4.78 is 0. The standard InChI is InChI=1S/C27H31NO2/c1-16-13-20-21(27(5,6)12-11-26(20,3)4)14-19(16)17(2)22-8-7-18(15-28-22)25-23(29)9-10-24(25)30/h7-8,13-15,29H,2,9-12H2,1,3-6H3. The Bertz CT molecular complexity index is 1080. The van der Waals surface area contributed by atoms with Gasteiger partial charge in [0, 0.05) is 30.2 Å². The highest BCUT2D eigenvalue weighted by molar-refractivity contribution is 6.23. The van der Waals surface area contributed by atoms with Gasteiger partial charge >= 0.3 is 0 Å². The summed E-state index contributed by atoms with van der Waals surface area (Å²) in [4.78, 5) is 16.6. The molecule has 0 atom stereocenters. The van der Waals surface area contributed by atoms with Crippen molar-refractivity contribution >= 4 is 16.9 Å². The number of aliphatic hydroxyl groups excluding tert-OH is 1. The van der Waals surface area contributed by atoms with E-state index in [0.29, 0.717) is 24.0 Å². The topological polar surface area (TPSA) is 50.2 Å². The molecule has 156 valence electrons. The summed E-state index contributed by atoms with van der Waals surface area (Å²) in [5.41, 5.74) is 8.27. The second-order valence-electron chi connectivity index (χ2n) is 10.1. The fraction of sp³-hybridized carbons (Fsp3) is 0.407. The molecule has 3 heteroatoms. The summed E-state index contributed by atoms with van der Waals surface area (Å²) in [6, 6.07) is 8.42. The SMILES string of the molecule is C=C(c1ccc(C2=C(O)CCC2=O)cn1)c1cc2c(cc1C)C(C)(C)CCC2(C)C. The van der Waals surface area contributed by atoms with Gasteiger partial charge in [-0.05, 0) is 65.0 Å². The van der Waals surface area contributed by atoms with Crippen molar-refractivity contribution in [3.63, 3.8) is 0 Å². The molecule has 0 amide bonds. The van der Waals surface area contributed by atoms with Crippen molar-refractivity contribution in [2.24, 2.45) is 0 Å². The second kappa shape index (κ2) is 6.94. The Morgan fingerprint density at radius 1 is 1.03 bits per heavy atom. The van der Waals surface area contributed by atoms with Gasteiger partial charge in [0.1, 0.15) is 5.76 Å². The van der Waals surface area contributed by atoms with E-state index in [0.717, 1.165) is 16.8 Å². The monoisotopic (exact) mass is 401 g/mol. The molecule has 0 unspecified atom stereocenters. The molecule has 0 saturated heterocycles. The first-order valence-corrected chi connectivity index (χ1v) is 10.8. The normalized spacial score (nSPS) is 19.7. The number of aryl methyl sites for hydroxylation is 1. The lowest BCUT2D eigenvalue weighted by atomic mass is 9.62. The van der Waals surface area contributed by atoms with Gasteiger partial charge in [0.25, 0.3) is 0 Å². The molecule has 0 spiro atoms. The molecule has 4 rings (SSSR count). The Hall–Kier alpha value is -2.68. The quantitative estimate of drug-likeness (QED) is 0.644. The van der Waals surface area contributed by atoms with Crippen molar-refractivity contribution in [3.05, 3.63) is 76.3 Å². The summed E-state index contributed by atoms with van der Waals surface area (Å²) in [6.07, 6.45) is 4.83. The van der Waals surface area contributed by atoms with E-state index in [1.54, 1.807) is 6.20 Å². The first-order chi connectivity index (χ1) is 14.0. The summed E-state index contributed by atoms with van der Waals surface area (Å²) in [5.74, 6) is 0.153. The van der Waals surface area contributed by atoms with Crippen molar-refractivity contribution in [3.8, 4) is 0 Å². The Balaban J connectivity index is 1.72. The fourth-order valence-electron chi connectivity index (χ4n) is 4.88. The number of hydrogen-bond acceptors (Lipinski definition) is 3. The molecule has 1 N–H and O–H groups in total. The van der Waals surface area contributed by atoms with Gasteiger partial charge in [-0.15, -0.1) is 0 Å². The number of aliphatic hydroxyl groups is 1. The predicted molar refractivity (Wildman–Crippen MR) is 123 cm³/mol. The molecule has 2 aromatic rings. The van der Waals surface area contributed by atoms with Crippen LogP contribution in [-0.4, -0.2) is 15.9 Å². The van der Waals surface area contributed by atoms with Crippen LogP contribution in [-0.2, 0) is 15.6 Å². The highest BCUT2D eigenvalue weighted by atomic mass is 16.3. The molecule has 0 saturated carbocycles. The lowest BCUT2D eigenvalue weighted by Crippen LogP contribution is -2.34. The number of carbonyl (C=O) groups excluding carboxylic acids is 1. The molecule has 2 aliphatic rings. The molecule has 0 radical (unpaired) electrons. The number of carbonyl (C=O) groups is 1. The summed E-state index contributed by atoms with van der Waals surface area (Å²) in [5, 5.41) is 10.0. The molecule has 30 heavy (non-hydrogen) atoms. The van der Waals surface area contributed by atoms with Crippen LogP contribution in [0.1, 0.15) is 86.9 Å². The number of benzene rings is 1. The minimum Gasteiger partial charge on any atom is -0.512 e. The molecule has 1 aromatic heterocycles. The van der Waals surface area contributed by atoms with Crippen LogP contribution in [0.2, 0.25) is 0 Å². The van der Waals surface area contributed by atoms with Crippen LogP contribution in [0.3, 0.4) is 0 Å². The second-order valence-corrected chi connectivity index (χ2v) is 10.1. The smallest absolute Gasteiger partial charge is 0.167 e. The zero-order valence-electron chi connectivity index (χ0n) is 18.7.